The van der Waals surface area contributed by atoms with Gasteiger partial charge in [0.2, 0.25) is 0 Å². The van der Waals surface area contributed by atoms with E-state index in [9.17, 15) is 8.42 Å². The standard InChI is InChI=1S/C25H22N6O2S2/c1-4-35(32,33)30-19-7-5-6-18(13-19)24-27-21-14-20(16(2)12-23(21)31(24)3)28-25-29-22(15-34-25)17-8-10-26-11-9-17/h4-15,30H,1H2,2-3H3,(H,28,29). The smallest absolute Gasteiger partial charge is 0.254 e. The van der Waals surface area contributed by atoms with Crippen LogP contribution < -0.4 is 10.0 Å². The average Bonchev–Trinajstić information content (AvgIpc) is 3.45. The minimum absolute atomic E-state index is 0.446. The van der Waals surface area contributed by atoms with Gasteiger partial charge < -0.3 is 9.88 Å². The van der Waals surface area contributed by atoms with Crippen LogP contribution in [0.5, 0.6) is 0 Å². The molecular weight excluding hydrogens is 480 g/mol. The van der Waals surface area contributed by atoms with Crippen LogP contribution in [0.1, 0.15) is 5.56 Å². The highest BCUT2D eigenvalue weighted by molar-refractivity contribution is 7.95. The third-order valence-electron chi connectivity index (χ3n) is 5.55. The van der Waals surface area contributed by atoms with Crippen LogP contribution in [0.4, 0.5) is 16.5 Å². The number of benzene rings is 2. The number of hydrogen-bond acceptors (Lipinski definition) is 7. The summed E-state index contributed by atoms with van der Waals surface area (Å²) in [6.45, 7) is 5.37. The lowest BCUT2D eigenvalue weighted by Gasteiger charge is -2.08. The Kier molecular flexibility index (Phi) is 5.83. The fourth-order valence-electron chi connectivity index (χ4n) is 3.76. The van der Waals surface area contributed by atoms with E-state index < -0.39 is 10.0 Å². The zero-order chi connectivity index (χ0) is 24.6. The Balaban J connectivity index is 1.47. The molecular formula is C25H22N6O2S2. The van der Waals surface area contributed by atoms with Gasteiger partial charge in [0.1, 0.15) is 5.82 Å². The molecule has 0 saturated heterocycles. The van der Waals surface area contributed by atoms with Crippen molar-refractivity contribution in [2.24, 2.45) is 7.05 Å². The molecule has 5 rings (SSSR count). The van der Waals surface area contributed by atoms with E-state index in [1.165, 1.54) is 11.3 Å². The minimum atomic E-state index is -3.59. The lowest BCUT2D eigenvalue weighted by Crippen LogP contribution is -2.08. The summed E-state index contributed by atoms with van der Waals surface area (Å²) in [4.78, 5) is 13.6. The molecule has 0 radical (unpaired) electrons. The number of thiazole rings is 1. The molecule has 0 unspecified atom stereocenters. The first-order chi connectivity index (χ1) is 16.8. The first-order valence-corrected chi connectivity index (χ1v) is 13.1. The van der Waals surface area contributed by atoms with Gasteiger partial charge >= 0.3 is 0 Å². The predicted octanol–water partition coefficient (Wildman–Crippen LogP) is 5.70. The molecule has 0 atom stereocenters. The highest BCUT2D eigenvalue weighted by Gasteiger charge is 2.14. The zero-order valence-electron chi connectivity index (χ0n) is 19.1. The molecule has 0 aliphatic rings. The van der Waals surface area contributed by atoms with Gasteiger partial charge in [0.05, 0.1) is 16.7 Å². The van der Waals surface area contributed by atoms with E-state index in [0.29, 0.717) is 5.69 Å². The van der Waals surface area contributed by atoms with Crippen molar-refractivity contribution in [3.05, 3.63) is 83.9 Å². The number of anilines is 3. The summed E-state index contributed by atoms with van der Waals surface area (Å²) >= 11 is 1.54. The molecule has 3 heterocycles. The number of hydrogen-bond donors (Lipinski definition) is 2. The molecule has 10 heteroatoms. The topological polar surface area (TPSA) is 102 Å². The maximum absolute atomic E-state index is 11.9. The molecule has 0 bridgehead atoms. The fraction of sp³-hybridized carbons (Fsp3) is 0.0800. The van der Waals surface area contributed by atoms with Crippen molar-refractivity contribution < 1.29 is 8.42 Å². The van der Waals surface area contributed by atoms with Crippen LogP contribution in [0.25, 0.3) is 33.7 Å². The van der Waals surface area contributed by atoms with E-state index in [0.717, 1.165) is 55.5 Å². The number of fused-ring (bicyclic) bond motifs is 1. The molecule has 8 nitrogen and oxygen atoms in total. The van der Waals surface area contributed by atoms with Gasteiger partial charge in [-0.2, -0.15) is 0 Å². The third-order valence-corrected chi connectivity index (χ3v) is 7.27. The molecule has 35 heavy (non-hydrogen) atoms. The normalized spacial score (nSPS) is 11.5. The van der Waals surface area contributed by atoms with E-state index in [-0.39, 0.29) is 0 Å². The van der Waals surface area contributed by atoms with Crippen molar-refractivity contribution in [3.8, 4) is 22.6 Å². The number of imidazole rings is 1. The molecule has 176 valence electrons. The van der Waals surface area contributed by atoms with E-state index in [1.807, 2.05) is 48.2 Å². The second-order valence-corrected chi connectivity index (χ2v) is 10.4. The molecule has 0 aliphatic heterocycles. The molecule has 3 aromatic heterocycles. The van der Waals surface area contributed by atoms with E-state index >= 15 is 0 Å². The van der Waals surface area contributed by atoms with Crippen LogP contribution in [-0.4, -0.2) is 27.9 Å². The van der Waals surface area contributed by atoms with Crippen molar-refractivity contribution in [1.82, 2.24) is 19.5 Å². The van der Waals surface area contributed by atoms with Gasteiger partial charge in [-0.1, -0.05) is 18.7 Å². The van der Waals surface area contributed by atoms with E-state index in [1.54, 1.807) is 30.6 Å². The number of aromatic nitrogens is 4. The Morgan fingerprint density at radius 3 is 2.63 bits per heavy atom. The SMILES string of the molecule is C=CS(=O)(=O)Nc1cccc(-c2nc3cc(Nc4nc(-c5ccncc5)cs4)c(C)cc3n2C)c1. The van der Waals surface area contributed by atoms with Crippen molar-refractivity contribution >= 4 is 48.9 Å². The van der Waals surface area contributed by atoms with Crippen molar-refractivity contribution in [2.75, 3.05) is 10.0 Å². The fourth-order valence-corrected chi connectivity index (χ4v) is 5.04. The Morgan fingerprint density at radius 2 is 1.86 bits per heavy atom. The summed E-state index contributed by atoms with van der Waals surface area (Å²) in [5, 5.41) is 7.11. The Hall–Kier alpha value is -4.02. The van der Waals surface area contributed by atoms with Crippen molar-refractivity contribution in [1.29, 1.82) is 0 Å². The number of nitrogens with zero attached hydrogens (tertiary/aromatic N) is 4. The number of rotatable bonds is 7. The predicted molar refractivity (Wildman–Crippen MR) is 142 cm³/mol. The van der Waals surface area contributed by atoms with Gasteiger partial charge in [0.15, 0.2) is 5.13 Å². The molecule has 5 aromatic rings. The van der Waals surface area contributed by atoms with E-state index in [2.05, 4.69) is 27.7 Å². The lowest BCUT2D eigenvalue weighted by molar-refractivity contribution is 0.609. The zero-order valence-corrected chi connectivity index (χ0v) is 20.7. The summed E-state index contributed by atoms with van der Waals surface area (Å²) in [6.07, 6.45) is 3.51. The summed E-state index contributed by atoms with van der Waals surface area (Å²) in [5.74, 6) is 0.727. The van der Waals surface area contributed by atoms with Gasteiger partial charge in [-0.25, -0.2) is 18.4 Å². The second-order valence-electron chi connectivity index (χ2n) is 7.94. The van der Waals surface area contributed by atoms with Crippen LogP contribution in [0.2, 0.25) is 0 Å². The van der Waals surface area contributed by atoms with Gasteiger partial charge in [-0.3, -0.25) is 9.71 Å². The highest BCUT2D eigenvalue weighted by Crippen LogP contribution is 2.32. The Morgan fingerprint density at radius 1 is 1.06 bits per heavy atom. The molecule has 0 spiro atoms. The summed E-state index contributed by atoms with van der Waals surface area (Å²) in [5.41, 5.74) is 6.92. The maximum Gasteiger partial charge on any atom is 0.254 e. The van der Waals surface area contributed by atoms with E-state index in [4.69, 9.17) is 9.97 Å². The maximum atomic E-state index is 11.9. The molecule has 2 N–H and O–H groups in total. The van der Waals surface area contributed by atoms with Gasteiger partial charge in [-0.05, 0) is 48.9 Å². The number of aryl methyl sites for hydroxylation is 2. The minimum Gasteiger partial charge on any atom is -0.331 e. The first-order valence-electron chi connectivity index (χ1n) is 10.7. The van der Waals surface area contributed by atoms with Gasteiger partial charge in [0.25, 0.3) is 10.0 Å². The first kappa shape index (κ1) is 22.8. The van der Waals surface area contributed by atoms with Crippen LogP contribution in [0, 0.1) is 6.92 Å². The van der Waals surface area contributed by atoms with Crippen LogP contribution in [0.15, 0.2) is 78.3 Å². The Bertz CT molecular complexity index is 1660. The molecule has 2 aromatic carbocycles. The number of sulfonamides is 1. The lowest BCUT2D eigenvalue weighted by atomic mass is 10.1. The molecule has 0 aliphatic carbocycles. The van der Waals surface area contributed by atoms with Gasteiger partial charge in [0, 0.05) is 52.7 Å². The molecule has 0 saturated carbocycles. The monoisotopic (exact) mass is 502 g/mol. The van der Waals surface area contributed by atoms with Crippen LogP contribution in [-0.2, 0) is 17.1 Å². The largest absolute Gasteiger partial charge is 0.331 e. The molecule has 0 fully saturated rings. The number of nitrogens with one attached hydrogen (secondary N) is 2. The van der Waals surface area contributed by atoms with Gasteiger partial charge in [-0.15, -0.1) is 11.3 Å². The average molecular weight is 503 g/mol. The van der Waals surface area contributed by atoms with Crippen molar-refractivity contribution in [2.45, 2.75) is 6.92 Å². The van der Waals surface area contributed by atoms with Crippen LogP contribution in [0.3, 0.4) is 0 Å². The number of pyridine rings is 1. The Labute approximate surface area is 207 Å². The summed E-state index contributed by atoms with van der Waals surface area (Å²) in [7, 11) is -1.65. The third kappa shape index (κ3) is 4.66. The highest BCUT2D eigenvalue weighted by atomic mass is 32.2. The van der Waals surface area contributed by atoms with Crippen molar-refractivity contribution in [3.63, 3.8) is 0 Å². The summed E-state index contributed by atoms with van der Waals surface area (Å²) in [6, 6.07) is 15.1. The quantitative estimate of drug-likeness (QED) is 0.296. The second kappa shape index (κ2) is 8.97. The molecule has 0 amide bonds. The summed E-state index contributed by atoms with van der Waals surface area (Å²) < 4.78 is 28.2. The van der Waals surface area contributed by atoms with Crippen LogP contribution >= 0.6 is 11.3 Å².